The van der Waals surface area contributed by atoms with E-state index in [0.29, 0.717) is 33.0 Å². The number of hydrogen-bond acceptors (Lipinski definition) is 4. The summed E-state index contributed by atoms with van der Waals surface area (Å²) in [5.74, 6) is -0.988. The fraction of sp³-hybridized carbons (Fsp3) is 0.0833. The van der Waals surface area contributed by atoms with Gasteiger partial charge in [0, 0.05) is 51.4 Å². The van der Waals surface area contributed by atoms with Crippen LogP contribution in [0.2, 0.25) is 5.02 Å². The van der Waals surface area contributed by atoms with Crippen molar-refractivity contribution in [3.05, 3.63) is 99.6 Å². The van der Waals surface area contributed by atoms with E-state index in [1.54, 1.807) is 60.7 Å². The molecule has 0 heterocycles. The number of rotatable bonds is 5. The lowest BCUT2D eigenvalue weighted by atomic mass is 9.84. The molecule has 1 aliphatic rings. The van der Waals surface area contributed by atoms with Crippen LogP contribution in [0.5, 0.6) is 0 Å². The van der Waals surface area contributed by atoms with Gasteiger partial charge in [-0.25, -0.2) is 0 Å². The summed E-state index contributed by atoms with van der Waals surface area (Å²) in [5.41, 5.74) is 2.20. The standard InChI is InChI=1S/C24H16ClNO4/c25-15-7-5-14(6-8-15)21(27)11-12-22(28)26-16-9-10-19-20(13-16)24(30)18-4-2-1-3-17(18)23(19)29/h1-10,13H,11-12H2,(H,26,28). The number of anilines is 1. The van der Waals surface area contributed by atoms with Crippen molar-refractivity contribution in [1.29, 1.82) is 0 Å². The molecule has 0 aliphatic heterocycles. The van der Waals surface area contributed by atoms with E-state index in [1.165, 1.54) is 6.07 Å². The number of halogens is 1. The molecule has 0 bridgehead atoms. The van der Waals surface area contributed by atoms with Gasteiger partial charge in [0.05, 0.1) is 0 Å². The van der Waals surface area contributed by atoms with E-state index >= 15 is 0 Å². The summed E-state index contributed by atoms with van der Waals surface area (Å²) in [6.45, 7) is 0. The number of carbonyl (C=O) groups is 4. The normalized spacial score (nSPS) is 12.2. The number of amides is 1. The molecular weight excluding hydrogens is 402 g/mol. The molecule has 0 unspecified atom stereocenters. The summed E-state index contributed by atoms with van der Waals surface area (Å²) in [7, 11) is 0. The topological polar surface area (TPSA) is 80.3 Å². The van der Waals surface area contributed by atoms with Gasteiger partial charge < -0.3 is 5.32 Å². The third-order valence-corrected chi connectivity index (χ3v) is 5.21. The molecule has 1 aliphatic carbocycles. The van der Waals surface area contributed by atoms with Crippen LogP contribution in [0, 0.1) is 0 Å². The molecule has 4 rings (SSSR count). The minimum atomic E-state index is -0.354. The Bertz CT molecular complexity index is 1200. The second kappa shape index (κ2) is 8.05. The van der Waals surface area contributed by atoms with E-state index in [0.717, 1.165) is 0 Å². The molecule has 5 nitrogen and oxygen atoms in total. The SMILES string of the molecule is O=C(CCC(=O)c1ccc(Cl)cc1)Nc1ccc2c(c1)C(=O)c1ccccc1C2=O. The summed E-state index contributed by atoms with van der Waals surface area (Å²) < 4.78 is 0. The molecule has 0 saturated heterocycles. The summed E-state index contributed by atoms with van der Waals surface area (Å²) >= 11 is 5.81. The molecule has 0 spiro atoms. The molecular formula is C24H16ClNO4. The smallest absolute Gasteiger partial charge is 0.224 e. The summed E-state index contributed by atoms with van der Waals surface area (Å²) in [6, 6.07) is 17.8. The number of nitrogens with one attached hydrogen (secondary N) is 1. The number of benzene rings is 3. The molecule has 1 N–H and O–H groups in total. The monoisotopic (exact) mass is 417 g/mol. The van der Waals surface area contributed by atoms with Crippen molar-refractivity contribution in [1.82, 2.24) is 0 Å². The van der Waals surface area contributed by atoms with E-state index in [9.17, 15) is 19.2 Å². The molecule has 0 saturated carbocycles. The van der Waals surface area contributed by atoms with Gasteiger partial charge >= 0.3 is 0 Å². The van der Waals surface area contributed by atoms with E-state index in [4.69, 9.17) is 11.6 Å². The molecule has 30 heavy (non-hydrogen) atoms. The second-order valence-corrected chi connectivity index (χ2v) is 7.38. The van der Waals surface area contributed by atoms with E-state index < -0.39 is 0 Å². The lowest BCUT2D eigenvalue weighted by Crippen LogP contribution is -2.21. The van der Waals surface area contributed by atoms with Crippen molar-refractivity contribution in [2.45, 2.75) is 12.8 Å². The van der Waals surface area contributed by atoms with Crippen LogP contribution in [0.25, 0.3) is 0 Å². The second-order valence-electron chi connectivity index (χ2n) is 6.94. The maximum absolute atomic E-state index is 12.8. The maximum Gasteiger partial charge on any atom is 0.224 e. The Hall–Kier alpha value is -3.57. The Kier molecular flexibility index (Phi) is 5.29. The zero-order valence-electron chi connectivity index (χ0n) is 15.8. The highest BCUT2D eigenvalue weighted by Gasteiger charge is 2.29. The lowest BCUT2D eigenvalue weighted by Gasteiger charge is -2.18. The molecule has 6 heteroatoms. The highest BCUT2D eigenvalue weighted by atomic mass is 35.5. The lowest BCUT2D eigenvalue weighted by molar-refractivity contribution is -0.116. The number of ketones is 3. The van der Waals surface area contributed by atoms with E-state index in [2.05, 4.69) is 5.32 Å². The molecule has 148 valence electrons. The van der Waals surface area contributed by atoms with Crippen LogP contribution in [-0.2, 0) is 4.79 Å². The fourth-order valence-electron chi connectivity index (χ4n) is 3.41. The molecule has 1 amide bonds. The average Bonchev–Trinajstić information content (AvgIpc) is 2.76. The Balaban J connectivity index is 1.45. The number of fused-ring (bicyclic) bond motifs is 2. The molecule has 0 fully saturated rings. The number of hydrogen-bond donors (Lipinski definition) is 1. The average molecular weight is 418 g/mol. The van der Waals surface area contributed by atoms with Gasteiger partial charge in [-0.15, -0.1) is 0 Å². The minimum absolute atomic E-state index is 0.00570. The molecule has 0 aromatic heterocycles. The molecule has 0 radical (unpaired) electrons. The molecule has 3 aromatic rings. The van der Waals surface area contributed by atoms with Crippen molar-refractivity contribution in [2.75, 3.05) is 5.32 Å². The van der Waals surface area contributed by atoms with Crippen LogP contribution in [-0.4, -0.2) is 23.3 Å². The third-order valence-electron chi connectivity index (χ3n) is 4.95. The first kappa shape index (κ1) is 19.7. The Morgan fingerprint density at radius 1 is 0.733 bits per heavy atom. The van der Waals surface area contributed by atoms with Gasteiger partial charge in [0.25, 0.3) is 0 Å². The number of carbonyl (C=O) groups excluding carboxylic acids is 4. The predicted molar refractivity (Wildman–Crippen MR) is 113 cm³/mol. The third kappa shape index (κ3) is 3.80. The largest absolute Gasteiger partial charge is 0.326 e. The van der Waals surface area contributed by atoms with Crippen molar-refractivity contribution >= 4 is 40.5 Å². The quantitative estimate of drug-likeness (QED) is 0.476. The van der Waals surface area contributed by atoms with Gasteiger partial charge in [0.2, 0.25) is 5.91 Å². The maximum atomic E-state index is 12.8. The highest BCUT2D eigenvalue weighted by Crippen LogP contribution is 2.29. The van der Waals surface area contributed by atoms with Gasteiger partial charge in [-0.1, -0.05) is 35.9 Å². The van der Waals surface area contributed by atoms with Gasteiger partial charge in [-0.05, 0) is 42.5 Å². The molecule has 0 atom stereocenters. The molecule has 3 aromatic carbocycles. The Morgan fingerprint density at radius 3 is 2.00 bits per heavy atom. The van der Waals surface area contributed by atoms with Gasteiger partial charge in [-0.3, -0.25) is 19.2 Å². The van der Waals surface area contributed by atoms with Crippen LogP contribution in [0.1, 0.15) is 55.0 Å². The van der Waals surface area contributed by atoms with E-state index in [1.807, 2.05) is 0 Å². The van der Waals surface area contributed by atoms with Crippen molar-refractivity contribution in [3.63, 3.8) is 0 Å². The fourth-order valence-corrected chi connectivity index (χ4v) is 3.53. The highest BCUT2D eigenvalue weighted by molar-refractivity contribution is 6.30. The van der Waals surface area contributed by atoms with Crippen molar-refractivity contribution in [3.8, 4) is 0 Å². The van der Waals surface area contributed by atoms with Gasteiger partial charge in [0.1, 0.15) is 0 Å². The van der Waals surface area contributed by atoms with Crippen LogP contribution in [0.3, 0.4) is 0 Å². The zero-order valence-corrected chi connectivity index (χ0v) is 16.5. The van der Waals surface area contributed by atoms with Gasteiger partial charge in [-0.2, -0.15) is 0 Å². The van der Waals surface area contributed by atoms with Crippen LogP contribution in [0.15, 0.2) is 66.7 Å². The first-order chi connectivity index (χ1) is 14.4. The Labute approximate surface area is 177 Å². The van der Waals surface area contributed by atoms with Crippen LogP contribution >= 0.6 is 11.6 Å². The van der Waals surface area contributed by atoms with Crippen molar-refractivity contribution in [2.24, 2.45) is 0 Å². The predicted octanol–water partition coefficient (Wildman–Crippen LogP) is 4.72. The summed E-state index contributed by atoms with van der Waals surface area (Å²) in [6.07, 6.45) is 0.0391. The van der Waals surface area contributed by atoms with Crippen molar-refractivity contribution < 1.29 is 19.2 Å². The van der Waals surface area contributed by atoms with E-state index in [-0.39, 0.29) is 41.7 Å². The summed E-state index contributed by atoms with van der Waals surface area (Å²) in [4.78, 5) is 49.9. The first-order valence-corrected chi connectivity index (χ1v) is 9.73. The van der Waals surface area contributed by atoms with Crippen LogP contribution in [0.4, 0.5) is 5.69 Å². The summed E-state index contributed by atoms with van der Waals surface area (Å²) in [5, 5.41) is 3.23. The van der Waals surface area contributed by atoms with Crippen LogP contribution < -0.4 is 5.32 Å². The number of Topliss-reactive ketones (excluding diaryl/α,β-unsaturated/α-hetero) is 1. The zero-order chi connectivity index (χ0) is 21.3. The first-order valence-electron chi connectivity index (χ1n) is 9.35. The minimum Gasteiger partial charge on any atom is -0.326 e. The van der Waals surface area contributed by atoms with Gasteiger partial charge in [0.15, 0.2) is 17.3 Å². The Morgan fingerprint density at radius 2 is 1.33 bits per heavy atom.